The number of anilines is 1. The number of aliphatic imine (C=N–C) groups is 1. The topological polar surface area (TPSA) is 77.9 Å². The first-order valence-electron chi connectivity index (χ1n) is 9.60. The van der Waals surface area contributed by atoms with Crippen LogP contribution < -0.4 is 15.5 Å². The van der Waals surface area contributed by atoms with E-state index < -0.39 is 0 Å². The third kappa shape index (κ3) is 9.52. The predicted molar refractivity (Wildman–Crippen MR) is 121 cm³/mol. The molecule has 0 aromatic carbocycles. The summed E-state index contributed by atoms with van der Waals surface area (Å²) in [5.74, 6) is 1.71. The van der Waals surface area contributed by atoms with Gasteiger partial charge in [0.25, 0.3) is 0 Å². The third-order valence-corrected chi connectivity index (χ3v) is 4.36. The van der Waals surface area contributed by atoms with Gasteiger partial charge in [-0.2, -0.15) is 0 Å². The second-order valence-corrected chi connectivity index (χ2v) is 6.21. The Morgan fingerprint density at radius 1 is 1.11 bits per heavy atom. The number of ether oxygens (including phenoxy) is 1. The monoisotopic (exact) mass is 491 g/mol. The van der Waals surface area contributed by atoms with Gasteiger partial charge in [0.1, 0.15) is 0 Å². The van der Waals surface area contributed by atoms with Crippen LogP contribution in [0, 0.1) is 0 Å². The van der Waals surface area contributed by atoms with Gasteiger partial charge >= 0.3 is 0 Å². The number of hydrogen-bond donors (Lipinski definition) is 2. The summed E-state index contributed by atoms with van der Waals surface area (Å²) in [6, 6.07) is 1.85. The summed E-state index contributed by atoms with van der Waals surface area (Å²) in [6.07, 6.45) is 5.76. The lowest BCUT2D eigenvalue weighted by Gasteiger charge is -2.34. The van der Waals surface area contributed by atoms with Crippen molar-refractivity contribution in [3.63, 3.8) is 0 Å². The van der Waals surface area contributed by atoms with E-state index in [-0.39, 0.29) is 24.0 Å². The Balaban J connectivity index is 0.00000364. The SMILES string of the molecule is CCOCCCCNC(=NC)NCCN1CCN(c2ncccn2)CC1.I. The van der Waals surface area contributed by atoms with Crippen molar-refractivity contribution in [3.05, 3.63) is 18.5 Å². The van der Waals surface area contributed by atoms with Gasteiger partial charge in [0.15, 0.2) is 5.96 Å². The minimum atomic E-state index is 0. The zero-order valence-electron chi connectivity index (χ0n) is 16.6. The van der Waals surface area contributed by atoms with Crippen LogP contribution in [0.5, 0.6) is 0 Å². The van der Waals surface area contributed by atoms with Crippen molar-refractivity contribution in [3.8, 4) is 0 Å². The quantitative estimate of drug-likeness (QED) is 0.221. The van der Waals surface area contributed by atoms with Crippen molar-refractivity contribution in [1.82, 2.24) is 25.5 Å². The minimum absolute atomic E-state index is 0. The van der Waals surface area contributed by atoms with E-state index >= 15 is 0 Å². The number of nitrogens with zero attached hydrogens (tertiary/aromatic N) is 5. The van der Waals surface area contributed by atoms with Crippen LogP contribution in [0.2, 0.25) is 0 Å². The lowest BCUT2D eigenvalue weighted by Crippen LogP contribution is -2.49. The van der Waals surface area contributed by atoms with Gasteiger partial charge in [-0.3, -0.25) is 9.89 Å². The van der Waals surface area contributed by atoms with Crippen LogP contribution in [0.15, 0.2) is 23.5 Å². The Hall–Kier alpha value is -1.20. The smallest absolute Gasteiger partial charge is 0.225 e. The molecule has 1 aromatic heterocycles. The van der Waals surface area contributed by atoms with Gasteiger partial charge in [-0.15, -0.1) is 24.0 Å². The molecule has 8 nitrogen and oxygen atoms in total. The molecule has 1 aliphatic heterocycles. The molecule has 0 aliphatic carbocycles. The van der Waals surface area contributed by atoms with E-state index in [0.717, 1.165) is 83.8 Å². The molecule has 0 saturated carbocycles. The normalized spacial score (nSPS) is 15.3. The second kappa shape index (κ2) is 14.8. The van der Waals surface area contributed by atoms with Crippen LogP contribution in [-0.2, 0) is 4.74 Å². The highest BCUT2D eigenvalue weighted by Crippen LogP contribution is 2.08. The van der Waals surface area contributed by atoms with E-state index in [0.29, 0.717) is 0 Å². The van der Waals surface area contributed by atoms with Crippen LogP contribution in [0.3, 0.4) is 0 Å². The molecule has 27 heavy (non-hydrogen) atoms. The Labute approximate surface area is 180 Å². The molecule has 1 aliphatic rings. The number of nitrogens with one attached hydrogen (secondary N) is 2. The lowest BCUT2D eigenvalue weighted by molar-refractivity contribution is 0.143. The standard InChI is InChI=1S/C18H33N7O.HI/c1-3-26-16-5-4-7-20-17(19-2)21-10-11-24-12-14-25(15-13-24)18-22-8-6-9-23-18;/h6,8-9H,3-5,7,10-16H2,1-2H3,(H2,19,20,21);1H. The molecule has 0 atom stereocenters. The maximum atomic E-state index is 5.34. The molecule has 154 valence electrons. The van der Waals surface area contributed by atoms with E-state index in [2.05, 4.69) is 35.4 Å². The van der Waals surface area contributed by atoms with E-state index in [4.69, 9.17) is 4.74 Å². The van der Waals surface area contributed by atoms with Crippen LogP contribution in [0.25, 0.3) is 0 Å². The number of aromatic nitrogens is 2. The summed E-state index contributed by atoms with van der Waals surface area (Å²) >= 11 is 0. The fourth-order valence-electron chi connectivity index (χ4n) is 2.86. The molecular weight excluding hydrogens is 457 g/mol. The summed E-state index contributed by atoms with van der Waals surface area (Å²) in [4.78, 5) is 17.6. The van der Waals surface area contributed by atoms with Crippen molar-refractivity contribution >= 4 is 35.9 Å². The van der Waals surface area contributed by atoms with Crippen LogP contribution in [0.4, 0.5) is 5.95 Å². The summed E-state index contributed by atoms with van der Waals surface area (Å²) in [5, 5.41) is 6.74. The van der Waals surface area contributed by atoms with E-state index in [1.807, 2.05) is 20.0 Å². The Bertz CT molecular complexity index is 510. The fraction of sp³-hybridized carbons (Fsp3) is 0.722. The van der Waals surface area contributed by atoms with E-state index in [1.165, 1.54) is 0 Å². The van der Waals surface area contributed by atoms with Gasteiger partial charge in [-0.25, -0.2) is 9.97 Å². The lowest BCUT2D eigenvalue weighted by atomic mass is 10.3. The molecule has 2 rings (SSSR count). The van der Waals surface area contributed by atoms with Gasteiger partial charge in [-0.1, -0.05) is 0 Å². The molecule has 0 amide bonds. The van der Waals surface area contributed by atoms with Crippen molar-refractivity contribution in [1.29, 1.82) is 0 Å². The summed E-state index contributed by atoms with van der Waals surface area (Å²) in [6.45, 7) is 10.5. The minimum Gasteiger partial charge on any atom is -0.382 e. The van der Waals surface area contributed by atoms with Gasteiger partial charge < -0.3 is 20.3 Å². The van der Waals surface area contributed by atoms with Crippen molar-refractivity contribution < 1.29 is 4.74 Å². The molecule has 1 aromatic rings. The molecule has 0 radical (unpaired) electrons. The summed E-state index contributed by atoms with van der Waals surface area (Å²) < 4.78 is 5.34. The molecular formula is C18H34IN7O. The zero-order chi connectivity index (χ0) is 18.5. The maximum absolute atomic E-state index is 5.34. The number of piperazine rings is 1. The molecule has 9 heteroatoms. The number of rotatable bonds is 10. The largest absolute Gasteiger partial charge is 0.382 e. The Kier molecular flexibility index (Phi) is 13.1. The number of hydrogen-bond acceptors (Lipinski definition) is 6. The van der Waals surface area contributed by atoms with Crippen LogP contribution >= 0.6 is 24.0 Å². The molecule has 0 bridgehead atoms. The summed E-state index contributed by atoms with van der Waals surface area (Å²) in [5.41, 5.74) is 0. The maximum Gasteiger partial charge on any atom is 0.225 e. The van der Waals surface area contributed by atoms with Crippen LogP contribution in [-0.4, -0.2) is 86.9 Å². The Morgan fingerprint density at radius 3 is 2.48 bits per heavy atom. The summed E-state index contributed by atoms with van der Waals surface area (Å²) in [7, 11) is 1.81. The van der Waals surface area contributed by atoms with E-state index in [1.54, 1.807) is 12.4 Å². The molecule has 1 fully saturated rings. The average Bonchev–Trinajstić information content (AvgIpc) is 2.70. The first-order chi connectivity index (χ1) is 12.8. The highest BCUT2D eigenvalue weighted by atomic mass is 127. The first-order valence-corrected chi connectivity index (χ1v) is 9.60. The van der Waals surface area contributed by atoms with Gasteiger partial charge in [-0.05, 0) is 25.8 Å². The highest BCUT2D eigenvalue weighted by molar-refractivity contribution is 14.0. The fourth-order valence-corrected chi connectivity index (χ4v) is 2.86. The van der Waals surface area contributed by atoms with Crippen molar-refractivity contribution in [2.45, 2.75) is 19.8 Å². The number of guanidine groups is 1. The predicted octanol–water partition coefficient (Wildman–Crippen LogP) is 1.20. The van der Waals surface area contributed by atoms with Gasteiger partial charge in [0.2, 0.25) is 5.95 Å². The number of unbranched alkanes of at least 4 members (excludes halogenated alkanes) is 1. The molecule has 2 N–H and O–H groups in total. The molecule has 2 heterocycles. The molecule has 1 saturated heterocycles. The zero-order valence-corrected chi connectivity index (χ0v) is 18.9. The molecule has 0 unspecified atom stereocenters. The van der Waals surface area contributed by atoms with Crippen molar-refractivity contribution in [2.75, 3.05) is 71.0 Å². The van der Waals surface area contributed by atoms with Crippen LogP contribution in [0.1, 0.15) is 19.8 Å². The second-order valence-electron chi connectivity index (χ2n) is 6.21. The highest BCUT2D eigenvalue weighted by Gasteiger charge is 2.18. The van der Waals surface area contributed by atoms with E-state index in [9.17, 15) is 0 Å². The Morgan fingerprint density at radius 2 is 1.81 bits per heavy atom. The average molecular weight is 491 g/mol. The molecule has 0 spiro atoms. The number of halogens is 1. The van der Waals surface area contributed by atoms with Gasteiger partial charge in [0.05, 0.1) is 0 Å². The van der Waals surface area contributed by atoms with Crippen molar-refractivity contribution in [2.24, 2.45) is 4.99 Å². The third-order valence-electron chi connectivity index (χ3n) is 4.36. The first kappa shape index (κ1) is 23.8. The van der Waals surface area contributed by atoms with Gasteiger partial charge in [0, 0.05) is 78.5 Å².